The van der Waals surface area contributed by atoms with Gasteiger partial charge in [0, 0.05) is 48.8 Å². The molecule has 21 heavy (non-hydrogen) atoms. The minimum Gasteiger partial charge on any atom is -0.368 e. The van der Waals surface area contributed by atoms with Crippen molar-refractivity contribution in [3.05, 3.63) is 24.0 Å². The molecule has 3 heteroatoms. The van der Waals surface area contributed by atoms with Crippen molar-refractivity contribution < 1.29 is 0 Å². The summed E-state index contributed by atoms with van der Waals surface area (Å²) in [4.78, 5) is 6.99. The first-order chi connectivity index (χ1) is 10.1. The molecule has 0 saturated heterocycles. The van der Waals surface area contributed by atoms with Gasteiger partial charge in [-0.25, -0.2) is 0 Å². The Morgan fingerprint density at radius 2 is 1.95 bits per heavy atom. The molecular weight excluding hydrogens is 258 g/mol. The quantitative estimate of drug-likeness (QED) is 0.823. The van der Waals surface area contributed by atoms with Crippen LogP contribution in [-0.2, 0) is 6.54 Å². The van der Waals surface area contributed by atoms with Gasteiger partial charge in [-0.15, -0.1) is 0 Å². The third kappa shape index (κ3) is 4.70. The molecule has 1 aliphatic rings. The summed E-state index contributed by atoms with van der Waals surface area (Å²) in [6, 6.07) is 3.42. The van der Waals surface area contributed by atoms with E-state index in [-0.39, 0.29) is 0 Å². The maximum Gasteiger partial charge on any atom is 0.0445 e. The van der Waals surface area contributed by atoms with Gasteiger partial charge in [0.15, 0.2) is 0 Å². The Balaban J connectivity index is 2.21. The zero-order valence-corrected chi connectivity index (χ0v) is 14.1. The minimum atomic E-state index is 0.503. The smallest absolute Gasteiger partial charge is 0.0445 e. The van der Waals surface area contributed by atoms with E-state index < -0.39 is 0 Å². The van der Waals surface area contributed by atoms with Crippen molar-refractivity contribution in [1.82, 2.24) is 10.3 Å². The van der Waals surface area contributed by atoms with Gasteiger partial charge in [-0.3, -0.25) is 4.98 Å². The molecule has 0 unspecified atom stereocenters. The van der Waals surface area contributed by atoms with Gasteiger partial charge in [0.2, 0.25) is 0 Å². The van der Waals surface area contributed by atoms with E-state index >= 15 is 0 Å². The molecule has 1 fully saturated rings. The van der Waals surface area contributed by atoms with Crippen LogP contribution in [0.3, 0.4) is 0 Å². The predicted molar refractivity (Wildman–Crippen MR) is 90.7 cm³/mol. The zero-order chi connectivity index (χ0) is 15.2. The highest BCUT2D eigenvalue weighted by atomic mass is 15.2. The predicted octanol–water partition coefficient (Wildman–Crippen LogP) is 3.98. The number of anilines is 1. The van der Waals surface area contributed by atoms with Crippen LogP contribution in [0.2, 0.25) is 0 Å². The maximum atomic E-state index is 4.34. The van der Waals surface area contributed by atoms with Crippen LogP contribution >= 0.6 is 0 Å². The molecule has 0 aliphatic heterocycles. The number of nitrogens with zero attached hydrogens (tertiary/aromatic N) is 2. The summed E-state index contributed by atoms with van der Waals surface area (Å²) in [7, 11) is 0. The maximum absolute atomic E-state index is 4.34. The van der Waals surface area contributed by atoms with Gasteiger partial charge >= 0.3 is 0 Å². The molecule has 0 bridgehead atoms. The van der Waals surface area contributed by atoms with Gasteiger partial charge in [0.25, 0.3) is 0 Å². The lowest BCUT2D eigenvalue weighted by atomic mass is 10.1. The summed E-state index contributed by atoms with van der Waals surface area (Å²) >= 11 is 0. The fourth-order valence-corrected chi connectivity index (χ4v) is 3.20. The first kappa shape index (κ1) is 16.3. The Morgan fingerprint density at radius 3 is 2.57 bits per heavy atom. The van der Waals surface area contributed by atoms with Crippen molar-refractivity contribution in [2.75, 3.05) is 11.4 Å². The molecule has 1 aliphatic carbocycles. The molecule has 0 radical (unpaired) electrons. The summed E-state index contributed by atoms with van der Waals surface area (Å²) in [6.07, 6.45) is 9.41. The molecule has 1 aromatic heterocycles. The van der Waals surface area contributed by atoms with Crippen LogP contribution in [0.25, 0.3) is 0 Å². The second-order valence-electron chi connectivity index (χ2n) is 7.02. The van der Waals surface area contributed by atoms with E-state index in [1.165, 1.54) is 36.9 Å². The van der Waals surface area contributed by atoms with E-state index in [0.717, 1.165) is 13.1 Å². The molecule has 3 nitrogen and oxygen atoms in total. The van der Waals surface area contributed by atoms with E-state index in [0.29, 0.717) is 18.0 Å². The second kappa shape index (κ2) is 7.79. The van der Waals surface area contributed by atoms with E-state index in [9.17, 15) is 0 Å². The van der Waals surface area contributed by atoms with Crippen LogP contribution in [0.1, 0.15) is 58.9 Å². The molecule has 0 atom stereocenters. The number of aromatic nitrogens is 1. The van der Waals surface area contributed by atoms with Crippen molar-refractivity contribution in [1.29, 1.82) is 0 Å². The van der Waals surface area contributed by atoms with Crippen molar-refractivity contribution >= 4 is 5.69 Å². The molecule has 2 rings (SSSR count). The number of rotatable bonds is 7. The first-order valence-electron chi connectivity index (χ1n) is 8.51. The van der Waals surface area contributed by atoms with Crippen LogP contribution in [0.15, 0.2) is 18.5 Å². The topological polar surface area (TPSA) is 28.2 Å². The largest absolute Gasteiger partial charge is 0.368 e. The summed E-state index contributed by atoms with van der Waals surface area (Å²) in [6.45, 7) is 11.1. The molecule has 0 amide bonds. The molecule has 1 N–H and O–H groups in total. The van der Waals surface area contributed by atoms with Gasteiger partial charge < -0.3 is 10.2 Å². The standard InChI is InChI=1S/C18H31N3/c1-14(2)13-21(17-7-5-6-8-17)18-9-10-19-11-16(18)12-20-15(3)4/h9-11,14-15,17,20H,5-8,12-13H2,1-4H3. The molecule has 0 aromatic carbocycles. The molecule has 118 valence electrons. The van der Waals surface area contributed by atoms with Crippen LogP contribution in [0.4, 0.5) is 5.69 Å². The molecular formula is C18H31N3. The van der Waals surface area contributed by atoms with E-state index in [4.69, 9.17) is 0 Å². The second-order valence-corrected chi connectivity index (χ2v) is 7.02. The Morgan fingerprint density at radius 1 is 1.24 bits per heavy atom. The average Bonchev–Trinajstić information content (AvgIpc) is 2.96. The van der Waals surface area contributed by atoms with Crippen LogP contribution in [0.5, 0.6) is 0 Å². The summed E-state index contributed by atoms with van der Waals surface area (Å²) < 4.78 is 0. The van der Waals surface area contributed by atoms with E-state index in [2.05, 4.69) is 49.0 Å². The lowest BCUT2D eigenvalue weighted by Gasteiger charge is -2.34. The third-order valence-corrected chi connectivity index (χ3v) is 4.22. The number of nitrogens with one attached hydrogen (secondary N) is 1. The molecule has 1 aromatic rings. The highest BCUT2D eigenvalue weighted by Crippen LogP contribution is 2.31. The fraction of sp³-hybridized carbons (Fsp3) is 0.722. The van der Waals surface area contributed by atoms with Crippen molar-refractivity contribution in [2.45, 2.75) is 72.0 Å². The number of hydrogen-bond acceptors (Lipinski definition) is 3. The lowest BCUT2D eigenvalue weighted by Crippen LogP contribution is -2.37. The Labute approximate surface area is 130 Å². The summed E-state index contributed by atoms with van der Waals surface area (Å²) in [5.41, 5.74) is 2.72. The van der Waals surface area contributed by atoms with Gasteiger partial charge in [-0.05, 0) is 24.8 Å². The monoisotopic (exact) mass is 289 g/mol. The van der Waals surface area contributed by atoms with Crippen LogP contribution in [-0.4, -0.2) is 23.6 Å². The molecule has 1 heterocycles. The first-order valence-corrected chi connectivity index (χ1v) is 8.51. The number of pyridine rings is 1. The van der Waals surface area contributed by atoms with E-state index in [1.54, 1.807) is 0 Å². The zero-order valence-electron chi connectivity index (χ0n) is 14.1. The summed E-state index contributed by atoms with van der Waals surface area (Å²) in [5.74, 6) is 0.685. The van der Waals surface area contributed by atoms with Crippen molar-refractivity contribution in [3.63, 3.8) is 0 Å². The van der Waals surface area contributed by atoms with Gasteiger partial charge in [-0.2, -0.15) is 0 Å². The highest BCUT2D eigenvalue weighted by molar-refractivity contribution is 5.53. The Kier molecular flexibility index (Phi) is 6.04. The molecule has 1 saturated carbocycles. The minimum absolute atomic E-state index is 0.503. The van der Waals surface area contributed by atoms with Gasteiger partial charge in [-0.1, -0.05) is 40.5 Å². The van der Waals surface area contributed by atoms with Crippen LogP contribution in [0, 0.1) is 5.92 Å². The van der Waals surface area contributed by atoms with Gasteiger partial charge in [0.05, 0.1) is 0 Å². The fourth-order valence-electron chi connectivity index (χ4n) is 3.20. The SMILES string of the molecule is CC(C)CN(c1ccncc1CNC(C)C)C1CCCC1. The van der Waals surface area contributed by atoms with Crippen LogP contribution < -0.4 is 10.2 Å². The van der Waals surface area contributed by atoms with Crippen molar-refractivity contribution in [3.8, 4) is 0 Å². The van der Waals surface area contributed by atoms with Crippen molar-refractivity contribution in [2.24, 2.45) is 5.92 Å². The lowest BCUT2D eigenvalue weighted by molar-refractivity contribution is 0.530. The average molecular weight is 289 g/mol. The summed E-state index contributed by atoms with van der Waals surface area (Å²) in [5, 5.41) is 3.53. The number of hydrogen-bond donors (Lipinski definition) is 1. The van der Waals surface area contributed by atoms with E-state index in [1.807, 2.05) is 12.4 Å². The normalized spacial score (nSPS) is 16.1. The Hall–Kier alpha value is -1.09. The highest BCUT2D eigenvalue weighted by Gasteiger charge is 2.25. The third-order valence-electron chi connectivity index (χ3n) is 4.22. The molecule has 0 spiro atoms. The Bertz CT molecular complexity index is 422. The van der Waals surface area contributed by atoms with Gasteiger partial charge in [0.1, 0.15) is 0 Å².